The molecule has 6 heteroatoms. The highest BCUT2D eigenvalue weighted by Crippen LogP contribution is 2.29. The minimum absolute atomic E-state index is 0.0981. The van der Waals surface area contributed by atoms with Crippen molar-refractivity contribution >= 4 is 11.8 Å². The minimum atomic E-state index is -0.631. The Balaban J connectivity index is 1.61. The van der Waals surface area contributed by atoms with Crippen LogP contribution in [0.2, 0.25) is 0 Å². The van der Waals surface area contributed by atoms with Gasteiger partial charge in [-0.2, -0.15) is 0 Å². The van der Waals surface area contributed by atoms with Crippen LogP contribution in [0.25, 0.3) is 0 Å². The van der Waals surface area contributed by atoms with E-state index in [-0.39, 0.29) is 24.3 Å². The lowest BCUT2D eigenvalue weighted by molar-refractivity contribution is -0.142. The van der Waals surface area contributed by atoms with Crippen molar-refractivity contribution in [2.45, 2.75) is 57.2 Å². The molecular formula is C20H23N3O3. The molecule has 0 radical (unpaired) electrons. The van der Waals surface area contributed by atoms with Gasteiger partial charge in [-0.05, 0) is 18.4 Å². The van der Waals surface area contributed by atoms with E-state index >= 15 is 0 Å². The molecule has 2 aromatic rings. The summed E-state index contributed by atoms with van der Waals surface area (Å²) in [5.74, 6) is -0.199. The Bertz CT molecular complexity index is 781. The predicted octanol–water partition coefficient (Wildman–Crippen LogP) is 2.75. The van der Waals surface area contributed by atoms with Gasteiger partial charge in [-0.25, -0.2) is 0 Å². The van der Waals surface area contributed by atoms with Gasteiger partial charge < -0.3 is 14.7 Å². The molecule has 1 atom stereocenters. The lowest BCUT2D eigenvalue weighted by Crippen LogP contribution is -2.48. The number of nitrogens with one attached hydrogen (secondary N) is 1. The highest BCUT2D eigenvalue weighted by molar-refractivity contribution is 5.90. The maximum absolute atomic E-state index is 13.2. The number of aromatic nitrogens is 1. The monoisotopic (exact) mass is 353 g/mol. The van der Waals surface area contributed by atoms with E-state index < -0.39 is 6.04 Å². The van der Waals surface area contributed by atoms with Crippen molar-refractivity contribution in [3.63, 3.8) is 0 Å². The number of rotatable bonds is 4. The highest BCUT2D eigenvalue weighted by atomic mass is 16.5. The third-order valence-corrected chi connectivity index (χ3v) is 5.34. The number of hydrogen-bond donors (Lipinski definition) is 1. The van der Waals surface area contributed by atoms with Gasteiger partial charge in [0.2, 0.25) is 11.8 Å². The standard InChI is InChI=1S/C20H23N3O3/c24-18-11-17-15(13-26-22-17)12-23(18)19(14-7-3-1-4-8-14)20(25)21-16-9-5-2-6-10-16/h1,3-4,7-8,13,16,19H,2,5-6,9-12H2,(H,21,25). The first-order chi connectivity index (χ1) is 12.7. The Labute approximate surface area is 152 Å². The molecule has 136 valence electrons. The summed E-state index contributed by atoms with van der Waals surface area (Å²) < 4.78 is 5.00. The van der Waals surface area contributed by atoms with Crippen LogP contribution in [0.1, 0.15) is 55.0 Å². The van der Waals surface area contributed by atoms with E-state index in [9.17, 15) is 9.59 Å². The van der Waals surface area contributed by atoms with E-state index in [4.69, 9.17) is 4.52 Å². The fraction of sp³-hybridized carbons (Fsp3) is 0.450. The summed E-state index contributed by atoms with van der Waals surface area (Å²) in [6, 6.07) is 9.09. The van der Waals surface area contributed by atoms with Crippen LogP contribution in [0.3, 0.4) is 0 Å². The molecule has 0 bridgehead atoms. The van der Waals surface area contributed by atoms with E-state index in [1.165, 1.54) is 6.42 Å². The van der Waals surface area contributed by atoms with Gasteiger partial charge in [0.05, 0.1) is 18.7 Å². The fourth-order valence-corrected chi connectivity index (χ4v) is 3.94. The molecule has 1 aromatic heterocycles. The molecule has 1 unspecified atom stereocenters. The van der Waals surface area contributed by atoms with Crippen molar-refractivity contribution in [3.05, 3.63) is 53.4 Å². The number of benzene rings is 1. The number of fused-ring (bicyclic) bond motifs is 1. The zero-order valence-corrected chi connectivity index (χ0v) is 14.7. The molecule has 1 aliphatic carbocycles. The molecular weight excluding hydrogens is 330 g/mol. The number of amides is 2. The van der Waals surface area contributed by atoms with Crippen molar-refractivity contribution < 1.29 is 14.1 Å². The summed E-state index contributed by atoms with van der Waals surface area (Å²) in [4.78, 5) is 27.5. The van der Waals surface area contributed by atoms with Gasteiger partial charge in [0.1, 0.15) is 12.3 Å². The zero-order chi connectivity index (χ0) is 17.9. The minimum Gasteiger partial charge on any atom is -0.364 e. The lowest BCUT2D eigenvalue weighted by Gasteiger charge is -2.35. The predicted molar refractivity (Wildman–Crippen MR) is 95.0 cm³/mol. The quantitative estimate of drug-likeness (QED) is 0.917. The third kappa shape index (κ3) is 3.36. The van der Waals surface area contributed by atoms with E-state index in [1.54, 1.807) is 11.2 Å². The summed E-state index contributed by atoms with van der Waals surface area (Å²) in [5, 5.41) is 7.07. The largest absolute Gasteiger partial charge is 0.364 e. The van der Waals surface area contributed by atoms with Crippen molar-refractivity contribution in [2.24, 2.45) is 0 Å². The van der Waals surface area contributed by atoms with Gasteiger partial charge >= 0.3 is 0 Å². The van der Waals surface area contributed by atoms with Crippen molar-refractivity contribution in [3.8, 4) is 0 Å². The second-order valence-electron chi connectivity index (χ2n) is 7.14. The summed E-state index contributed by atoms with van der Waals surface area (Å²) in [5.41, 5.74) is 2.37. The van der Waals surface area contributed by atoms with E-state index in [1.807, 2.05) is 30.3 Å². The molecule has 1 aliphatic heterocycles. The fourth-order valence-electron chi connectivity index (χ4n) is 3.94. The molecule has 2 aliphatic rings. The first-order valence-electron chi connectivity index (χ1n) is 9.29. The Morgan fingerprint density at radius 3 is 2.73 bits per heavy atom. The molecule has 6 nitrogen and oxygen atoms in total. The molecule has 26 heavy (non-hydrogen) atoms. The first kappa shape index (κ1) is 16.8. The topological polar surface area (TPSA) is 75.4 Å². The van der Waals surface area contributed by atoms with Crippen LogP contribution in [0.4, 0.5) is 0 Å². The van der Waals surface area contributed by atoms with Gasteiger partial charge in [-0.15, -0.1) is 0 Å². The van der Waals surface area contributed by atoms with E-state index in [2.05, 4.69) is 10.5 Å². The van der Waals surface area contributed by atoms with Crippen LogP contribution in [0.15, 0.2) is 41.1 Å². The average molecular weight is 353 g/mol. The Kier molecular flexibility index (Phi) is 4.73. The highest BCUT2D eigenvalue weighted by Gasteiger charge is 2.36. The molecule has 2 heterocycles. The number of carbonyl (C=O) groups excluding carboxylic acids is 2. The molecule has 1 saturated carbocycles. The van der Waals surface area contributed by atoms with Crippen LogP contribution in [-0.2, 0) is 22.6 Å². The molecule has 1 N–H and O–H groups in total. The van der Waals surface area contributed by atoms with Crippen molar-refractivity contribution in [2.75, 3.05) is 0 Å². The maximum Gasteiger partial charge on any atom is 0.247 e. The maximum atomic E-state index is 13.2. The number of nitrogens with zero attached hydrogens (tertiary/aromatic N) is 2. The average Bonchev–Trinajstić information content (AvgIpc) is 3.11. The van der Waals surface area contributed by atoms with Gasteiger partial charge in [-0.1, -0.05) is 54.8 Å². The van der Waals surface area contributed by atoms with Gasteiger partial charge in [0.15, 0.2) is 0 Å². The van der Waals surface area contributed by atoms with Crippen LogP contribution < -0.4 is 5.32 Å². The van der Waals surface area contributed by atoms with Gasteiger partial charge in [-0.3, -0.25) is 9.59 Å². The molecule has 0 spiro atoms. The van der Waals surface area contributed by atoms with E-state index in [0.29, 0.717) is 12.2 Å². The summed E-state index contributed by atoms with van der Waals surface area (Å²) in [6.07, 6.45) is 7.28. The van der Waals surface area contributed by atoms with Gasteiger partial charge in [0.25, 0.3) is 0 Å². The van der Waals surface area contributed by atoms with Crippen molar-refractivity contribution in [1.29, 1.82) is 0 Å². The van der Waals surface area contributed by atoms with Crippen LogP contribution in [0, 0.1) is 0 Å². The molecule has 0 saturated heterocycles. The number of carbonyl (C=O) groups is 2. The van der Waals surface area contributed by atoms with Crippen LogP contribution >= 0.6 is 0 Å². The normalized spacial score (nSPS) is 19.1. The van der Waals surface area contributed by atoms with Crippen LogP contribution in [-0.4, -0.2) is 27.9 Å². The second kappa shape index (κ2) is 7.32. The Morgan fingerprint density at radius 2 is 1.96 bits per heavy atom. The zero-order valence-electron chi connectivity index (χ0n) is 14.7. The van der Waals surface area contributed by atoms with Crippen LogP contribution in [0.5, 0.6) is 0 Å². The molecule has 1 fully saturated rings. The molecule has 2 amide bonds. The smallest absolute Gasteiger partial charge is 0.247 e. The lowest BCUT2D eigenvalue weighted by atomic mass is 9.94. The number of hydrogen-bond acceptors (Lipinski definition) is 4. The molecule has 4 rings (SSSR count). The molecule has 1 aromatic carbocycles. The first-order valence-corrected chi connectivity index (χ1v) is 9.29. The van der Waals surface area contributed by atoms with Gasteiger partial charge in [0, 0.05) is 11.6 Å². The van der Waals surface area contributed by atoms with Crippen molar-refractivity contribution in [1.82, 2.24) is 15.4 Å². The second-order valence-corrected chi connectivity index (χ2v) is 7.14. The summed E-state index contributed by atoms with van der Waals surface area (Å²) in [6.45, 7) is 0.343. The summed E-state index contributed by atoms with van der Waals surface area (Å²) in [7, 11) is 0. The SMILES string of the molecule is O=C(NC1CCCCC1)C(c1ccccc1)N1Cc2conc2CC1=O. The Morgan fingerprint density at radius 1 is 1.19 bits per heavy atom. The Hall–Kier alpha value is -2.63. The van der Waals surface area contributed by atoms with E-state index in [0.717, 1.165) is 36.8 Å². The third-order valence-electron chi connectivity index (χ3n) is 5.34. The summed E-state index contributed by atoms with van der Waals surface area (Å²) >= 11 is 0.